The quantitative estimate of drug-likeness (QED) is 0.871. The van der Waals surface area contributed by atoms with E-state index in [1.165, 1.54) is 11.6 Å². The average Bonchev–Trinajstić information content (AvgIpc) is 3.23. The predicted octanol–water partition coefficient (Wildman–Crippen LogP) is 4.54. The molecule has 3 unspecified atom stereocenters. The number of hydrogen-bond donors (Lipinski definition) is 1. The van der Waals surface area contributed by atoms with Crippen LogP contribution in [-0.2, 0) is 0 Å². The molecular formula is C17H17ClFN. The van der Waals surface area contributed by atoms with E-state index in [9.17, 15) is 4.39 Å². The second kappa shape index (κ2) is 5.55. The van der Waals surface area contributed by atoms with Crippen molar-refractivity contribution >= 4 is 11.6 Å². The van der Waals surface area contributed by atoms with Gasteiger partial charge in [-0.15, -0.1) is 0 Å². The summed E-state index contributed by atoms with van der Waals surface area (Å²) in [5, 5.41) is 3.70. The van der Waals surface area contributed by atoms with E-state index in [1.807, 2.05) is 13.1 Å². The largest absolute Gasteiger partial charge is 0.313 e. The minimum atomic E-state index is -0.226. The number of benzene rings is 2. The van der Waals surface area contributed by atoms with Crippen LogP contribution in [-0.4, -0.2) is 7.05 Å². The molecule has 1 N–H and O–H groups in total. The van der Waals surface area contributed by atoms with Gasteiger partial charge in [-0.1, -0.05) is 48.0 Å². The summed E-state index contributed by atoms with van der Waals surface area (Å²) in [5.74, 6) is 0.734. The van der Waals surface area contributed by atoms with Crippen molar-refractivity contribution in [2.75, 3.05) is 7.05 Å². The first kappa shape index (κ1) is 13.6. The smallest absolute Gasteiger partial charge is 0.129 e. The molecule has 0 aromatic heterocycles. The third-order valence-electron chi connectivity index (χ3n) is 4.10. The van der Waals surface area contributed by atoms with Gasteiger partial charge in [-0.2, -0.15) is 0 Å². The van der Waals surface area contributed by atoms with Crippen LogP contribution < -0.4 is 5.32 Å². The van der Waals surface area contributed by atoms with Gasteiger partial charge in [0.05, 0.1) is 0 Å². The summed E-state index contributed by atoms with van der Waals surface area (Å²) in [6.07, 6.45) is 1.09. The fraction of sp³-hybridized carbons (Fsp3) is 0.294. The minimum absolute atomic E-state index is 0.0393. The molecule has 1 nitrogen and oxygen atoms in total. The van der Waals surface area contributed by atoms with E-state index in [1.54, 1.807) is 12.1 Å². The van der Waals surface area contributed by atoms with Crippen LogP contribution in [0, 0.1) is 11.7 Å². The summed E-state index contributed by atoms with van der Waals surface area (Å²) in [5.41, 5.74) is 2.05. The fourth-order valence-corrected chi connectivity index (χ4v) is 3.18. The SMILES string of the molecule is CNC(c1ccc(Cl)cc1F)C1CC1c1ccccc1. The van der Waals surface area contributed by atoms with E-state index in [0.717, 1.165) is 6.42 Å². The van der Waals surface area contributed by atoms with Gasteiger partial charge in [0.2, 0.25) is 0 Å². The summed E-state index contributed by atoms with van der Waals surface area (Å²) >= 11 is 5.82. The molecule has 104 valence electrons. The zero-order chi connectivity index (χ0) is 14.1. The number of rotatable bonds is 4. The monoisotopic (exact) mass is 289 g/mol. The highest BCUT2D eigenvalue weighted by Gasteiger charge is 2.44. The van der Waals surface area contributed by atoms with E-state index in [2.05, 4.69) is 29.6 Å². The van der Waals surface area contributed by atoms with Crippen LogP contribution in [0.3, 0.4) is 0 Å². The lowest BCUT2D eigenvalue weighted by atomic mass is 9.98. The van der Waals surface area contributed by atoms with Gasteiger partial charge >= 0.3 is 0 Å². The summed E-state index contributed by atoms with van der Waals surface area (Å²) < 4.78 is 14.1. The molecule has 0 radical (unpaired) electrons. The molecule has 1 aliphatic carbocycles. The maximum atomic E-state index is 14.1. The lowest BCUT2D eigenvalue weighted by molar-refractivity contribution is 0.485. The Balaban J connectivity index is 1.82. The molecule has 3 atom stereocenters. The van der Waals surface area contributed by atoms with E-state index >= 15 is 0 Å². The highest BCUT2D eigenvalue weighted by molar-refractivity contribution is 6.30. The third kappa shape index (κ3) is 2.58. The summed E-state index contributed by atoms with van der Waals surface area (Å²) in [6, 6.07) is 15.4. The molecule has 1 aliphatic rings. The molecule has 0 heterocycles. The van der Waals surface area contributed by atoms with Gasteiger partial charge in [-0.05, 0) is 43.0 Å². The zero-order valence-electron chi connectivity index (χ0n) is 11.3. The molecule has 1 fully saturated rings. The lowest BCUT2D eigenvalue weighted by Gasteiger charge is -2.18. The Labute approximate surface area is 123 Å². The van der Waals surface area contributed by atoms with Crippen molar-refractivity contribution < 1.29 is 4.39 Å². The van der Waals surface area contributed by atoms with Crippen LogP contribution in [0.25, 0.3) is 0 Å². The molecule has 0 spiro atoms. The van der Waals surface area contributed by atoms with Crippen LogP contribution in [0.4, 0.5) is 4.39 Å². The van der Waals surface area contributed by atoms with Crippen LogP contribution in [0.2, 0.25) is 5.02 Å². The highest BCUT2D eigenvalue weighted by atomic mass is 35.5. The summed E-state index contributed by atoms with van der Waals surface area (Å²) in [6.45, 7) is 0. The van der Waals surface area contributed by atoms with E-state index in [0.29, 0.717) is 22.4 Å². The second-order valence-electron chi connectivity index (χ2n) is 5.35. The van der Waals surface area contributed by atoms with Crippen molar-refractivity contribution in [2.45, 2.75) is 18.4 Å². The van der Waals surface area contributed by atoms with Crippen molar-refractivity contribution in [2.24, 2.45) is 5.92 Å². The molecular weight excluding hydrogens is 273 g/mol. The number of nitrogens with one attached hydrogen (secondary N) is 1. The maximum absolute atomic E-state index is 14.1. The Morgan fingerprint density at radius 1 is 1.20 bits per heavy atom. The van der Waals surface area contributed by atoms with Crippen LogP contribution in [0.1, 0.15) is 29.5 Å². The Hall–Kier alpha value is -1.38. The molecule has 20 heavy (non-hydrogen) atoms. The van der Waals surface area contributed by atoms with Gasteiger partial charge in [-0.3, -0.25) is 0 Å². The molecule has 0 aliphatic heterocycles. The fourth-order valence-electron chi connectivity index (χ4n) is 3.02. The van der Waals surface area contributed by atoms with Crippen LogP contribution in [0.15, 0.2) is 48.5 Å². The summed E-state index contributed by atoms with van der Waals surface area (Å²) in [4.78, 5) is 0. The van der Waals surface area contributed by atoms with Gasteiger partial charge in [0.15, 0.2) is 0 Å². The van der Waals surface area contributed by atoms with Crippen molar-refractivity contribution in [3.05, 3.63) is 70.5 Å². The van der Waals surface area contributed by atoms with E-state index in [-0.39, 0.29) is 11.9 Å². The Morgan fingerprint density at radius 2 is 1.95 bits per heavy atom. The van der Waals surface area contributed by atoms with Gasteiger partial charge < -0.3 is 5.32 Å². The number of halogens is 2. The molecule has 2 aromatic carbocycles. The first-order valence-corrected chi connectivity index (χ1v) is 7.25. The maximum Gasteiger partial charge on any atom is 0.129 e. The van der Waals surface area contributed by atoms with Crippen LogP contribution >= 0.6 is 11.6 Å². The molecule has 0 saturated heterocycles. The molecule has 0 bridgehead atoms. The van der Waals surface area contributed by atoms with E-state index < -0.39 is 0 Å². The zero-order valence-corrected chi connectivity index (χ0v) is 12.1. The average molecular weight is 290 g/mol. The predicted molar refractivity (Wildman–Crippen MR) is 80.5 cm³/mol. The standard InChI is InChI=1S/C17H17ClFN/c1-20-17(13-8-7-12(18)9-16(13)19)15-10-14(15)11-5-3-2-4-6-11/h2-9,14-15,17,20H,10H2,1H3. The first-order valence-electron chi connectivity index (χ1n) is 6.88. The van der Waals surface area contributed by atoms with E-state index in [4.69, 9.17) is 11.6 Å². The van der Waals surface area contributed by atoms with Crippen molar-refractivity contribution in [3.63, 3.8) is 0 Å². The first-order chi connectivity index (χ1) is 9.70. The molecule has 3 heteroatoms. The minimum Gasteiger partial charge on any atom is -0.313 e. The van der Waals surface area contributed by atoms with Crippen molar-refractivity contribution in [1.82, 2.24) is 5.32 Å². The summed E-state index contributed by atoms with van der Waals surface area (Å²) in [7, 11) is 1.89. The second-order valence-corrected chi connectivity index (χ2v) is 5.79. The van der Waals surface area contributed by atoms with Crippen molar-refractivity contribution in [1.29, 1.82) is 0 Å². The third-order valence-corrected chi connectivity index (χ3v) is 4.34. The molecule has 0 amide bonds. The number of hydrogen-bond acceptors (Lipinski definition) is 1. The van der Waals surface area contributed by atoms with Crippen molar-refractivity contribution in [3.8, 4) is 0 Å². The molecule has 1 saturated carbocycles. The topological polar surface area (TPSA) is 12.0 Å². The van der Waals surface area contributed by atoms with Gasteiger partial charge in [-0.25, -0.2) is 4.39 Å². The van der Waals surface area contributed by atoms with Gasteiger partial charge in [0.25, 0.3) is 0 Å². The normalized spacial score (nSPS) is 22.6. The van der Waals surface area contributed by atoms with Gasteiger partial charge in [0.1, 0.15) is 5.82 Å². The Morgan fingerprint density at radius 3 is 2.60 bits per heavy atom. The Bertz CT molecular complexity index is 599. The van der Waals surface area contributed by atoms with Crippen LogP contribution in [0.5, 0.6) is 0 Å². The highest BCUT2D eigenvalue weighted by Crippen LogP contribution is 2.54. The molecule has 3 rings (SSSR count). The van der Waals surface area contributed by atoms with Gasteiger partial charge in [0, 0.05) is 16.6 Å². The lowest BCUT2D eigenvalue weighted by Crippen LogP contribution is -2.20. The molecule has 2 aromatic rings. The Kier molecular flexibility index (Phi) is 3.77.